The van der Waals surface area contributed by atoms with Crippen molar-refractivity contribution < 1.29 is 23.8 Å². The van der Waals surface area contributed by atoms with Gasteiger partial charge in [0, 0.05) is 6.92 Å². The molecule has 0 aromatic heterocycles. The Hall–Kier alpha value is -1.26. The van der Waals surface area contributed by atoms with E-state index in [1.807, 2.05) is 0 Å². The predicted molar refractivity (Wildman–Crippen MR) is 41.8 cm³/mol. The van der Waals surface area contributed by atoms with Crippen molar-refractivity contribution in [2.75, 3.05) is 13.4 Å². The van der Waals surface area contributed by atoms with E-state index in [4.69, 9.17) is 4.74 Å². The molecule has 13 heavy (non-hydrogen) atoms. The molecule has 5 nitrogen and oxygen atoms in total. The van der Waals surface area contributed by atoms with Gasteiger partial charge < -0.3 is 14.2 Å². The lowest BCUT2D eigenvalue weighted by Crippen LogP contribution is -2.13. The minimum Gasteiger partial charge on any atom is -0.434 e. The summed E-state index contributed by atoms with van der Waals surface area (Å²) >= 11 is 0. The van der Waals surface area contributed by atoms with Gasteiger partial charge in [-0.25, -0.2) is 4.79 Å². The fourth-order valence-electron chi connectivity index (χ4n) is 0.673. The van der Waals surface area contributed by atoms with Crippen molar-refractivity contribution in [1.29, 1.82) is 0 Å². The second kappa shape index (κ2) is 4.69. The van der Waals surface area contributed by atoms with Crippen LogP contribution in [-0.4, -0.2) is 25.5 Å². The average Bonchev–Trinajstić information content (AvgIpc) is 2.83. The zero-order chi connectivity index (χ0) is 9.68. The number of esters is 1. The Balaban J connectivity index is 1.93. The molecular formula is C8H12O5. The molecule has 0 bridgehead atoms. The van der Waals surface area contributed by atoms with Crippen LogP contribution in [0.1, 0.15) is 19.8 Å². The van der Waals surface area contributed by atoms with Crippen molar-refractivity contribution in [3.05, 3.63) is 0 Å². The average molecular weight is 188 g/mol. The molecule has 1 aliphatic rings. The van der Waals surface area contributed by atoms with Gasteiger partial charge in [-0.3, -0.25) is 4.79 Å². The summed E-state index contributed by atoms with van der Waals surface area (Å²) in [5.74, 6) is 0.0104. The first kappa shape index (κ1) is 9.83. The van der Waals surface area contributed by atoms with Gasteiger partial charge in [-0.05, 0) is 18.8 Å². The molecule has 0 saturated heterocycles. The first-order valence-corrected chi connectivity index (χ1v) is 4.11. The predicted octanol–water partition coefficient (Wildman–Crippen LogP) is 1.07. The molecule has 0 radical (unpaired) electrons. The van der Waals surface area contributed by atoms with Crippen LogP contribution in [0.15, 0.2) is 0 Å². The zero-order valence-electron chi connectivity index (χ0n) is 7.45. The molecular weight excluding hydrogens is 176 g/mol. The van der Waals surface area contributed by atoms with Crippen LogP contribution in [0, 0.1) is 5.92 Å². The maximum Gasteiger partial charge on any atom is 0.511 e. The van der Waals surface area contributed by atoms with Gasteiger partial charge in [-0.15, -0.1) is 0 Å². The lowest BCUT2D eigenvalue weighted by Gasteiger charge is -2.04. The maximum absolute atomic E-state index is 10.7. The Morgan fingerprint density at radius 1 is 1.23 bits per heavy atom. The fourth-order valence-corrected chi connectivity index (χ4v) is 0.673. The van der Waals surface area contributed by atoms with Crippen LogP contribution in [0.25, 0.3) is 0 Å². The molecule has 5 heteroatoms. The second-order valence-electron chi connectivity index (χ2n) is 2.90. The van der Waals surface area contributed by atoms with E-state index in [-0.39, 0.29) is 6.79 Å². The number of carbonyl (C=O) groups is 2. The largest absolute Gasteiger partial charge is 0.511 e. The van der Waals surface area contributed by atoms with Gasteiger partial charge in [0.1, 0.15) is 0 Å². The molecule has 0 amide bonds. The molecule has 0 N–H and O–H groups in total. The van der Waals surface area contributed by atoms with Crippen LogP contribution in [-0.2, 0) is 19.0 Å². The first-order chi connectivity index (χ1) is 6.18. The molecule has 0 aromatic rings. The Kier molecular flexibility index (Phi) is 3.54. The highest BCUT2D eigenvalue weighted by Gasteiger charge is 2.23. The number of ether oxygens (including phenoxy) is 3. The molecule has 0 spiro atoms. The Bertz CT molecular complexity index is 197. The van der Waals surface area contributed by atoms with Crippen molar-refractivity contribution >= 4 is 12.1 Å². The molecule has 0 heterocycles. The third kappa shape index (κ3) is 5.05. The molecule has 1 aliphatic carbocycles. The summed E-state index contributed by atoms with van der Waals surface area (Å²) < 4.78 is 13.5. The van der Waals surface area contributed by atoms with Crippen LogP contribution in [0.4, 0.5) is 4.79 Å². The molecule has 74 valence electrons. The van der Waals surface area contributed by atoms with Gasteiger partial charge in [0.25, 0.3) is 0 Å². The minimum atomic E-state index is -0.784. The highest BCUT2D eigenvalue weighted by atomic mass is 16.8. The summed E-state index contributed by atoms with van der Waals surface area (Å²) in [7, 11) is 0. The quantitative estimate of drug-likeness (QED) is 0.487. The lowest BCUT2D eigenvalue weighted by atomic mass is 10.5. The molecule has 1 saturated carbocycles. The minimum absolute atomic E-state index is 0.376. The normalized spacial score (nSPS) is 14.8. The number of rotatable bonds is 4. The van der Waals surface area contributed by atoms with Crippen molar-refractivity contribution in [2.45, 2.75) is 19.8 Å². The van der Waals surface area contributed by atoms with Crippen LogP contribution in [0.2, 0.25) is 0 Å². The third-order valence-electron chi connectivity index (χ3n) is 1.57. The Morgan fingerprint density at radius 3 is 2.46 bits per heavy atom. The van der Waals surface area contributed by atoms with E-state index in [0.717, 1.165) is 12.8 Å². The molecule has 1 fully saturated rings. The maximum atomic E-state index is 10.7. The van der Waals surface area contributed by atoms with Gasteiger partial charge in [0.05, 0.1) is 6.61 Å². The van der Waals surface area contributed by atoms with Crippen LogP contribution >= 0.6 is 0 Å². The fraction of sp³-hybridized carbons (Fsp3) is 0.750. The molecule has 0 aliphatic heterocycles. The smallest absolute Gasteiger partial charge is 0.434 e. The number of hydrogen-bond donors (Lipinski definition) is 0. The third-order valence-corrected chi connectivity index (χ3v) is 1.57. The van der Waals surface area contributed by atoms with Crippen molar-refractivity contribution in [2.24, 2.45) is 5.92 Å². The highest BCUT2D eigenvalue weighted by Crippen LogP contribution is 2.28. The van der Waals surface area contributed by atoms with Crippen LogP contribution in [0.5, 0.6) is 0 Å². The van der Waals surface area contributed by atoms with Crippen molar-refractivity contribution in [3.63, 3.8) is 0 Å². The summed E-state index contributed by atoms with van der Waals surface area (Å²) in [6.07, 6.45) is 1.43. The second-order valence-corrected chi connectivity index (χ2v) is 2.90. The Labute approximate surface area is 76.0 Å². The van der Waals surface area contributed by atoms with E-state index >= 15 is 0 Å². The first-order valence-electron chi connectivity index (χ1n) is 4.11. The molecule has 0 unspecified atom stereocenters. The van der Waals surface area contributed by atoms with Crippen molar-refractivity contribution in [3.8, 4) is 0 Å². The summed E-state index contributed by atoms with van der Waals surface area (Å²) in [6.45, 7) is 1.26. The van der Waals surface area contributed by atoms with Gasteiger partial charge in [-0.2, -0.15) is 0 Å². The summed E-state index contributed by atoms with van der Waals surface area (Å²) in [6, 6.07) is 0. The Morgan fingerprint density at radius 2 is 1.92 bits per heavy atom. The topological polar surface area (TPSA) is 61.8 Å². The SMILES string of the molecule is CC(=O)OCOC(=O)OCC1CC1. The van der Waals surface area contributed by atoms with E-state index in [9.17, 15) is 9.59 Å². The molecule has 0 aromatic carbocycles. The van der Waals surface area contributed by atoms with E-state index in [0.29, 0.717) is 12.5 Å². The van der Waals surface area contributed by atoms with Gasteiger partial charge in [-0.1, -0.05) is 0 Å². The molecule has 0 atom stereocenters. The monoisotopic (exact) mass is 188 g/mol. The van der Waals surface area contributed by atoms with E-state index < -0.39 is 12.1 Å². The van der Waals surface area contributed by atoms with E-state index in [1.54, 1.807) is 0 Å². The van der Waals surface area contributed by atoms with Crippen molar-refractivity contribution in [1.82, 2.24) is 0 Å². The van der Waals surface area contributed by atoms with Crippen LogP contribution in [0.3, 0.4) is 0 Å². The molecule has 1 rings (SSSR count). The summed E-state index contributed by atoms with van der Waals surface area (Å²) in [5, 5.41) is 0. The van der Waals surface area contributed by atoms with E-state index in [2.05, 4.69) is 9.47 Å². The lowest BCUT2D eigenvalue weighted by molar-refractivity contribution is -0.150. The number of hydrogen-bond acceptors (Lipinski definition) is 5. The summed E-state index contributed by atoms with van der Waals surface area (Å²) in [5.41, 5.74) is 0. The van der Waals surface area contributed by atoms with Gasteiger partial charge in [0.2, 0.25) is 6.79 Å². The van der Waals surface area contributed by atoms with E-state index in [1.165, 1.54) is 6.92 Å². The van der Waals surface area contributed by atoms with Crippen LogP contribution < -0.4 is 0 Å². The zero-order valence-corrected chi connectivity index (χ0v) is 7.45. The highest BCUT2D eigenvalue weighted by molar-refractivity contribution is 5.66. The number of carbonyl (C=O) groups excluding carboxylic acids is 2. The summed E-state index contributed by atoms with van der Waals surface area (Å²) in [4.78, 5) is 21.0. The van der Waals surface area contributed by atoms with Gasteiger partial charge in [0.15, 0.2) is 0 Å². The standard InChI is InChI=1S/C8H12O5/c1-6(9)12-5-13-8(10)11-4-7-2-3-7/h7H,2-5H2,1H3. The van der Waals surface area contributed by atoms with Gasteiger partial charge >= 0.3 is 12.1 Å².